The van der Waals surface area contributed by atoms with E-state index < -0.39 is 0 Å². The molecule has 2 aliphatic heterocycles. The first-order valence-electron chi connectivity index (χ1n) is 5.90. The summed E-state index contributed by atoms with van der Waals surface area (Å²) in [5, 5.41) is 4.41. The minimum atomic E-state index is 0.789. The second-order valence-corrected chi connectivity index (χ2v) is 5.92. The summed E-state index contributed by atoms with van der Waals surface area (Å²) in [6, 6.07) is 9.65. The summed E-state index contributed by atoms with van der Waals surface area (Å²) in [7, 11) is 0. The first-order chi connectivity index (χ1) is 7.42. The second-order valence-electron chi connectivity index (χ2n) is 4.58. The Kier molecular flexibility index (Phi) is 2.72. The van der Waals surface area contributed by atoms with Gasteiger partial charge < -0.3 is 5.32 Å². The Labute approximate surface area is 95.6 Å². The van der Waals surface area contributed by atoms with Crippen LogP contribution in [0.15, 0.2) is 29.2 Å². The molecule has 0 spiro atoms. The Bertz CT molecular complexity index is 319. The summed E-state index contributed by atoms with van der Waals surface area (Å²) in [4.78, 5) is 1.51. The highest BCUT2D eigenvalue weighted by atomic mass is 32.2. The van der Waals surface area contributed by atoms with E-state index in [1.54, 1.807) is 5.56 Å². The predicted octanol–water partition coefficient (Wildman–Crippen LogP) is 2.85. The normalized spacial score (nSPS) is 29.3. The fourth-order valence-electron chi connectivity index (χ4n) is 2.66. The lowest BCUT2D eigenvalue weighted by molar-refractivity contribution is 0.547. The number of benzene rings is 1. The molecule has 2 heteroatoms. The molecule has 0 bridgehead atoms. The number of rotatable bonds is 2. The average molecular weight is 219 g/mol. The van der Waals surface area contributed by atoms with Crippen LogP contribution in [0.25, 0.3) is 0 Å². The van der Waals surface area contributed by atoms with E-state index in [1.165, 1.54) is 37.1 Å². The smallest absolute Gasteiger partial charge is 0.0150 e. The maximum Gasteiger partial charge on any atom is 0.0150 e. The van der Waals surface area contributed by atoms with Gasteiger partial charge in [0.1, 0.15) is 0 Å². The Morgan fingerprint density at radius 2 is 2.27 bits per heavy atom. The van der Waals surface area contributed by atoms with Gasteiger partial charge in [-0.25, -0.2) is 0 Å². The third kappa shape index (κ3) is 2.06. The topological polar surface area (TPSA) is 12.0 Å². The lowest BCUT2D eigenvalue weighted by Gasteiger charge is -2.14. The van der Waals surface area contributed by atoms with Gasteiger partial charge in [-0.2, -0.15) is 0 Å². The molecule has 2 aliphatic rings. The minimum absolute atomic E-state index is 0.789. The number of thioether (sulfide) groups is 1. The highest BCUT2D eigenvalue weighted by Crippen LogP contribution is 2.39. The van der Waals surface area contributed by atoms with Crippen molar-refractivity contribution in [3.05, 3.63) is 29.8 Å². The highest BCUT2D eigenvalue weighted by Gasteiger charge is 2.25. The van der Waals surface area contributed by atoms with Crippen molar-refractivity contribution >= 4 is 11.8 Å². The van der Waals surface area contributed by atoms with E-state index in [2.05, 4.69) is 41.3 Å². The zero-order chi connectivity index (χ0) is 10.1. The monoisotopic (exact) mass is 219 g/mol. The predicted molar refractivity (Wildman–Crippen MR) is 65.4 cm³/mol. The van der Waals surface area contributed by atoms with Crippen molar-refractivity contribution in [2.24, 2.45) is 0 Å². The molecule has 15 heavy (non-hydrogen) atoms. The van der Waals surface area contributed by atoms with Crippen LogP contribution in [0.4, 0.5) is 0 Å². The molecule has 0 saturated carbocycles. The van der Waals surface area contributed by atoms with Crippen LogP contribution in [0.3, 0.4) is 0 Å². The first kappa shape index (κ1) is 9.73. The summed E-state index contributed by atoms with van der Waals surface area (Å²) >= 11 is 2.08. The molecule has 2 atom stereocenters. The molecule has 1 nitrogen and oxygen atoms in total. The van der Waals surface area contributed by atoms with E-state index in [9.17, 15) is 0 Å². The maximum absolute atomic E-state index is 3.60. The minimum Gasteiger partial charge on any atom is -0.314 e. The Balaban J connectivity index is 1.63. The van der Waals surface area contributed by atoms with Crippen LogP contribution in [0.2, 0.25) is 0 Å². The van der Waals surface area contributed by atoms with Crippen molar-refractivity contribution in [3.63, 3.8) is 0 Å². The third-order valence-electron chi connectivity index (χ3n) is 3.42. The van der Waals surface area contributed by atoms with E-state index in [-0.39, 0.29) is 0 Å². The third-order valence-corrected chi connectivity index (χ3v) is 4.77. The molecule has 1 aromatic carbocycles. The van der Waals surface area contributed by atoms with Gasteiger partial charge in [-0.15, -0.1) is 11.8 Å². The molecule has 2 heterocycles. The fourth-order valence-corrected chi connectivity index (χ4v) is 4.07. The summed E-state index contributed by atoms with van der Waals surface area (Å²) in [5.41, 5.74) is 1.56. The van der Waals surface area contributed by atoms with E-state index >= 15 is 0 Å². The Hall–Kier alpha value is -0.470. The largest absolute Gasteiger partial charge is 0.314 e. The molecule has 3 rings (SSSR count). The fraction of sp³-hybridized carbons (Fsp3) is 0.538. The molecular formula is C13H17NS. The number of hydrogen-bond donors (Lipinski definition) is 1. The Morgan fingerprint density at radius 3 is 3.07 bits per heavy atom. The highest BCUT2D eigenvalue weighted by molar-refractivity contribution is 8.00. The van der Waals surface area contributed by atoms with Crippen molar-refractivity contribution in [2.45, 2.75) is 41.9 Å². The van der Waals surface area contributed by atoms with Gasteiger partial charge in [-0.3, -0.25) is 0 Å². The zero-order valence-corrected chi connectivity index (χ0v) is 9.72. The van der Waals surface area contributed by atoms with Crippen LogP contribution >= 0.6 is 11.8 Å². The molecule has 80 valence electrons. The van der Waals surface area contributed by atoms with Crippen molar-refractivity contribution in [2.75, 3.05) is 6.54 Å². The zero-order valence-electron chi connectivity index (χ0n) is 8.91. The van der Waals surface area contributed by atoms with Gasteiger partial charge in [0.05, 0.1) is 0 Å². The molecular weight excluding hydrogens is 202 g/mol. The summed E-state index contributed by atoms with van der Waals surface area (Å²) < 4.78 is 0. The molecule has 2 unspecified atom stereocenters. The standard InChI is InChI=1S/C13H17NS/c1-2-6-13-10(4-1)8-12(15-13)9-11-5-3-7-14-11/h1-2,4,6,11-12,14H,3,5,7-9H2. The quantitative estimate of drug-likeness (QED) is 0.821. The van der Waals surface area contributed by atoms with Gasteiger partial charge in [0.25, 0.3) is 0 Å². The van der Waals surface area contributed by atoms with Crippen LogP contribution in [0, 0.1) is 0 Å². The molecule has 1 N–H and O–H groups in total. The molecule has 0 aliphatic carbocycles. The van der Waals surface area contributed by atoms with Gasteiger partial charge in [-0.05, 0) is 43.9 Å². The molecule has 0 radical (unpaired) electrons. The maximum atomic E-state index is 3.60. The number of nitrogens with one attached hydrogen (secondary N) is 1. The average Bonchev–Trinajstić information content (AvgIpc) is 2.86. The van der Waals surface area contributed by atoms with E-state index in [1.807, 2.05) is 0 Å². The Morgan fingerprint density at radius 1 is 1.33 bits per heavy atom. The first-order valence-corrected chi connectivity index (χ1v) is 6.78. The lowest BCUT2D eigenvalue weighted by atomic mass is 10.0. The summed E-state index contributed by atoms with van der Waals surface area (Å²) in [6.45, 7) is 1.23. The SMILES string of the molecule is c1ccc2c(c1)CC(CC1CCCN1)S2. The van der Waals surface area contributed by atoms with E-state index in [4.69, 9.17) is 0 Å². The van der Waals surface area contributed by atoms with Crippen LogP contribution in [-0.2, 0) is 6.42 Å². The lowest BCUT2D eigenvalue weighted by Crippen LogP contribution is -2.25. The van der Waals surface area contributed by atoms with Crippen molar-refractivity contribution in [1.29, 1.82) is 0 Å². The molecule has 1 aromatic rings. The number of hydrogen-bond acceptors (Lipinski definition) is 2. The van der Waals surface area contributed by atoms with Crippen LogP contribution in [-0.4, -0.2) is 17.8 Å². The second kappa shape index (κ2) is 4.18. The van der Waals surface area contributed by atoms with Gasteiger partial charge in [0.15, 0.2) is 0 Å². The summed E-state index contributed by atoms with van der Waals surface area (Å²) in [5.74, 6) is 0. The van der Waals surface area contributed by atoms with Crippen molar-refractivity contribution in [3.8, 4) is 0 Å². The number of fused-ring (bicyclic) bond motifs is 1. The van der Waals surface area contributed by atoms with Crippen LogP contribution in [0.5, 0.6) is 0 Å². The molecule has 0 aromatic heterocycles. The molecule has 0 amide bonds. The molecule has 1 fully saturated rings. The van der Waals surface area contributed by atoms with E-state index in [0.717, 1.165) is 11.3 Å². The molecule has 1 saturated heterocycles. The van der Waals surface area contributed by atoms with E-state index in [0.29, 0.717) is 0 Å². The van der Waals surface area contributed by atoms with Gasteiger partial charge in [0.2, 0.25) is 0 Å². The van der Waals surface area contributed by atoms with Crippen molar-refractivity contribution in [1.82, 2.24) is 5.32 Å². The van der Waals surface area contributed by atoms with Crippen LogP contribution in [0.1, 0.15) is 24.8 Å². The van der Waals surface area contributed by atoms with Crippen molar-refractivity contribution < 1.29 is 0 Å². The van der Waals surface area contributed by atoms with Gasteiger partial charge in [-0.1, -0.05) is 18.2 Å². The van der Waals surface area contributed by atoms with Gasteiger partial charge in [0, 0.05) is 16.2 Å². The van der Waals surface area contributed by atoms with Gasteiger partial charge >= 0.3 is 0 Å². The summed E-state index contributed by atoms with van der Waals surface area (Å²) in [6.07, 6.45) is 5.38. The van der Waals surface area contributed by atoms with Crippen LogP contribution < -0.4 is 5.32 Å².